The molecule has 9 nitrogen and oxygen atoms in total. The smallest absolute Gasteiger partial charge is 0.251 e. The van der Waals surface area contributed by atoms with E-state index in [2.05, 4.69) is 21.7 Å². The molecule has 0 saturated carbocycles. The molecule has 0 spiro atoms. The first kappa shape index (κ1) is 28.6. The number of carbonyl (C=O) groups excluding carboxylic acids is 2. The summed E-state index contributed by atoms with van der Waals surface area (Å²) in [6.07, 6.45) is 0. The fourth-order valence-electron chi connectivity index (χ4n) is 3.82. The highest BCUT2D eigenvalue weighted by molar-refractivity contribution is 7.92. The van der Waals surface area contributed by atoms with Gasteiger partial charge in [-0.25, -0.2) is 13.4 Å². The highest BCUT2D eigenvalue weighted by Crippen LogP contribution is 2.30. The summed E-state index contributed by atoms with van der Waals surface area (Å²) in [5.41, 5.74) is 10.4. The molecular formula is C29H27N5O4S2. The van der Waals surface area contributed by atoms with Crippen molar-refractivity contribution in [2.45, 2.75) is 30.5 Å². The Kier molecular flexibility index (Phi) is 8.74. The van der Waals surface area contributed by atoms with Gasteiger partial charge in [0.1, 0.15) is 0 Å². The minimum Gasteiger partial charge on any atom is -0.343 e. The quantitative estimate of drug-likeness (QED) is 0.269. The number of rotatable bonds is 9. The summed E-state index contributed by atoms with van der Waals surface area (Å²) in [4.78, 5) is 29.6. The molecule has 2 amide bonds. The van der Waals surface area contributed by atoms with Gasteiger partial charge in [0.25, 0.3) is 5.91 Å². The number of thiazole rings is 1. The zero-order valence-corrected chi connectivity index (χ0v) is 23.5. The number of amides is 2. The first-order valence-corrected chi connectivity index (χ1v) is 14.8. The molecule has 0 unspecified atom stereocenters. The molecule has 4 rings (SSSR count). The van der Waals surface area contributed by atoms with E-state index in [1.807, 2.05) is 30.3 Å². The molecule has 0 atom stereocenters. The largest absolute Gasteiger partial charge is 0.343 e. The van der Waals surface area contributed by atoms with E-state index in [-0.39, 0.29) is 17.0 Å². The third kappa shape index (κ3) is 6.60. The van der Waals surface area contributed by atoms with Gasteiger partial charge in [-0.3, -0.25) is 9.59 Å². The zero-order valence-electron chi connectivity index (χ0n) is 21.8. The Bertz CT molecular complexity index is 1700. The highest BCUT2D eigenvalue weighted by atomic mass is 32.2. The molecule has 11 heteroatoms. The van der Waals surface area contributed by atoms with Crippen molar-refractivity contribution in [1.82, 2.24) is 10.3 Å². The molecule has 0 bridgehead atoms. The molecule has 0 aliphatic heterocycles. The van der Waals surface area contributed by atoms with Crippen LogP contribution in [0.5, 0.6) is 0 Å². The van der Waals surface area contributed by atoms with Crippen molar-refractivity contribution in [3.05, 3.63) is 88.8 Å². The standard InChI is InChI=1S/C29H27N5O4S2/c1-18(2)40(37,38)25-5-3-4-22(13-25)28(36)32-16-27(35)34-29-33-26(17-39-29)24-11-20(15-31)10-23(12-24)21-8-6-19(14-30)7-9-21/h3-13,17-18H,14,16,30H2,1-2H3,(H,32,36)(H,33,34,35). The molecule has 204 valence electrons. The molecule has 4 N–H and O–H groups in total. The second-order valence-corrected chi connectivity index (χ2v) is 12.6. The van der Waals surface area contributed by atoms with Crippen LogP contribution in [0, 0.1) is 11.3 Å². The number of sulfone groups is 1. The van der Waals surface area contributed by atoms with Crippen molar-refractivity contribution in [1.29, 1.82) is 5.26 Å². The molecule has 0 radical (unpaired) electrons. The van der Waals surface area contributed by atoms with Crippen molar-refractivity contribution in [3.63, 3.8) is 0 Å². The van der Waals surface area contributed by atoms with E-state index in [0.29, 0.717) is 22.9 Å². The van der Waals surface area contributed by atoms with Gasteiger partial charge in [-0.2, -0.15) is 5.26 Å². The summed E-state index contributed by atoms with van der Waals surface area (Å²) >= 11 is 1.21. The van der Waals surface area contributed by atoms with E-state index in [1.165, 1.54) is 35.6 Å². The van der Waals surface area contributed by atoms with Crippen molar-refractivity contribution < 1.29 is 18.0 Å². The Morgan fingerprint density at radius 2 is 1.75 bits per heavy atom. The summed E-state index contributed by atoms with van der Waals surface area (Å²) in [6.45, 7) is 3.24. The van der Waals surface area contributed by atoms with Crippen LogP contribution in [-0.4, -0.2) is 37.0 Å². The number of hydrogen-bond donors (Lipinski definition) is 3. The van der Waals surface area contributed by atoms with Gasteiger partial charge in [-0.05, 0) is 66.9 Å². The Hall–Kier alpha value is -4.37. The number of nitrogens with zero attached hydrogens (tertiary/aromatic N) is 2. The van der Waals surface area contributed by atoms with Gasteiger partial charge in [-0.1, -0.05) is 30.3 Å². The summed E-state index contributed by atoms with van der Waals surface area (Å²) < 4.78 is 24.8. The molecule has 1 heterocycles. The molecule has 40 heavy (non-hydrogen) atoms. The lowest BCUT2D eigenvalue weighted by Crippen LogP contribution is -2.33. The predicted molar refractivity (Wildman–Crippen MR) is 155 cm³/mol. The van der Waals surface area contributed by atoms with Crippen LogP contribution in [0.25, 0.3) is 22.4 Å². The van der Waals surface area contributed by atoms with Crippen molar-refractivity contribution in [2.75, 3.05) is 11.9 Å². The van der Waals surface area contributed by atoms with Crippen LogP contribution < -0.4 is 16.4 Å². The molecule has 4 aromatic rings. The monoisotopic (exact) mass is 573 g/mol. The van der Waals surface area contributed by atoms with Crippen LogP contribution in [0.3, 0.4) is 0 Å². The predicted octanol–water partition coefficient (Wildman–Crippen LogP) is 4.36. The molecule has 0 fully saturated rings. The van der Waals surface area contributed by atoms with Gasteiger partial charge in [0.2, 0.25) is 5.91 Å². The number of benzene rings is 3. The fourth-order valence-corrected chi connectivity index (χ4v) is 5.66. The number of nitrogens with two attached hydrogens (primary N) is 1. The van der Waals surface area contributed by atoms with E-state index in [4.69, 9.17) is 5.73 Å². The summed E-state index contributed by atoms with van der Waals surface area (Å²) in [6, 6.07) is 21.1. The molecule has 0 aliphatic rings. The van der Waals surface area contributed by atoms with Crippen LogP contribution in [0.4, 0.5) is 5.13 Å². The molecule has 1 aromatic heterocycles. The maximum atomic E-state index is 12.6. The normalized spacial score (nSPS) is 11.2. The van der Waals surface area contributed by atoms with E-state index in [9.17, 15) is 23.3 Å². The van der Waals surface area contributed by atoms with Gasteiger partial charge in [0, 0.05) is 23.1 Å². The van der Waals surface area contributed by atoms with Crippen molar-refractivity contribution >= 4 is 38.1 Å². The maximum absolute atomic E-state index is 12.6. The van der Waals surface area contributed by atoms with Crippen LogP contribution in [0.2, 0.25) is 0 Å². The molecule has 0 saturated heterocycles. The van der Waals surface area contributed by atoms with E-state index >= 15 is 0 Å². The van der Waals surface area contributed by atoms with E-state index < -0.39 is 26.9 Å². The van der Waals surface area contributed by atoms with E-state index in [1.54, 1.807) is 31.4 Å². The third-order valence-corrected chi connectivity index (χ3v) is 9.00. The number of nitriles is 1. The second-order valence-electron chi connectivity index (χ2n) is 9.20. The topological polar surface area (TPSA) is 155 Å². The summed E-state index contributed by atoms with van der Waals surface area (Å²) in [5.74, 6) is -1.07. The summed E-state index contributed by atoms with van der Waals surface area (Å²) in [5, 5.41) is 16.2. The van der Waals surface area contributed by atoms with Crippen LogP contribution in [0.1, 0.15) is 35.3 Å². The second kappa shape index (κ2) is 12.2. The van der Waals surface area contributed by atoms with Crippen molar-refractivity contribution in [2.24, 2.45) is 5.73 Å². The Balaban J connectivity index is 1.43. The highest BCUT2D eigenvalue weighted by Gasteiger charge is 2.20. The molecular weight excluding hydrogens is 546 g/mol. The lowest BCUT2D eigenvalue weighted by Gasteiger charge is -2.10. The average Bonchev–Trinajstić information content (AvgIpc) is 3.44. The first-order chi connectivity index (χ1) is 19.1. The molecule has 3 aromatic carbocycles. The van der Waals surface area contributed by atoms with Gasteiger partial charge < -0.3 is 16.4 Å². The zero-order chi connectivity index (χ0) is 28.9. The SMILES string of the molecule is CC(C)S(=O)(=O)c1cccc(C(=O)NCC(=O)Nc2nc(-c3cc(C#N)cc(-c4ccc(CN)cc4)c3)cs2)c1. The van der Waals surface area contributed by atoms with Crippen molar-refractivity contribution in [3.8, 4) is 28.5 Å². The Labute approximate surface area is 236 Å². The number of hydrogen-bond acceptors (Lipinski definition) is 8. The van der Waals surface area contributed by atoms with E-state index in [0.717, 1.165) is 22.3 Å². The lowest BCUT2D eigenvalue weighted by molar-refractivity contribution is -0.115. The lowest BCUT2D eigenvalue weighted by atomic mass is 9.98. The molecule has 0 aliphatic carbocycles. The van der Waals surface area contributed by atoms with Gasteiger partial charge >= 0.3 is 0 Å². The summed E-state index contributed by atoms with van der Waals surface area (Å²) in [7, 11) is -3.54. The Morgan fingerprint density at radius 3 is 2.42 bits per heavy atom. The number of aromatic nitrogens is 1. The van der Waals surface area contributed by atoms with Crippen LogP contribution in [0.15, 0.2) is 77.0 Å². The average molecular weight is 574 g/mol. The van der Waals surface area contributed by atoms with Crippen LogP contribution >= 0.6 is 11.3 Å². The number of anilines is 1. The number of nitrogens with one attached hydrogen (secondary N) is 2. The van der Waals surface area contributed by atoms with Gasteiger partial charge in [0.05, 0.1) is 34.0 Å². The third-order valence-electron chi connectivity index (χ3n) is 6.09. The van der Waals surface area contributed by atoms with Crippen LogP contribution in [-0.2, 0) is 21.2 Å². The Morgan fingerprint density at radius 1 is 1.02 bits per heavy atom. The minimum absolute atomic E-state index is 0.0473. The minimum atomic E-state index is -3.54. The fraction of sp³-hybridized carbons (Fsp3) is 0.172. The number of carbonyl (C=O) groups is 2. The van der Waals surface area contributed by atoms with Gasteiger partial charge in [0.15, 0.2) is 15.0 Å². The maximum Gasteiger partial charge on any atom is 0.251 e. The first-order valence-electron chi connectivity index (χ1n) is 12.3. The van der Waals surface area contributed by atoms with Gasteiger partial charge in [-0.15, -0.1) is 11.3 Å².